The maximum atomic E-state index is 13.5. The van der Waals surface area contributed by atoms with E-state index in [0.717, 1.165) is 12.1 Å². The fourth-order valence-corrected chi connectivity index (χ4v) is 2.39. The van der Waals surface area contributed by atoms with Gasteiger partial charge in [-0.25, -0.2) is 4.39 Å². The lowest BCUT2D eigenvalue weighted by atomic mass is 10.0. The number of rotatable bonds is 4. The quantitative estimate of drug-likeness (QED) is 0.458. The van der Waals surface area contributed by atoms with E-state index >= 15 is 0 Å². The van der Waals surface area contributed by atoms with E-state index in [2.05, 4.69) is 5.32 Å². The molecule has 9 heteroatoms. The minimum atomic E-state index is -1.06. The van der Waals surface area contributed by atoms with Gasteiger partial charge in [0, 0.05) is 12.1 Å². The Labute approximate surface area is 126 Å². The Morgan fingerprint density at radius 3 is 2.85 bits per heavy atom. The summed E-state index contributed by atoms with van der Waals surface area (Å²) >= 11 is 1.65. The number of carboxylic acids is 1. The van der Waals surface area contributed by atoms with Gasteiger partial charge in [-0.05, 0) is 22.6 Å². The first-order valence-electron chi connectivity index (χ1n) is 5.60. The maximum Gasteiger partial charge on any atom is 0.311 e. The molecule has 1 aromatic carbocycles. The lowest BCUT2D eigenvalue weighted by Gasteiger charge is -2.17. The van der Waals surface area contributed by atoms with Crippen LogP contribution in [0.1, 0.15) is 0 Å². The highest BCUT2D eigenvalue weighted by Crippen LogP contribution is 2.31. The van der Waals surface area contributed by atoms with Gasteiger partial charge in [-0.3, -0.25) is 14.9 Å². The number of benzene rings is 1. The molecule has 1 aliphatic rings. The molecule has 1 heterocycles. The van der Waals surface area contributed by atoms with Gasteiger partial charge in [0.05, 0.1) is 27.7 Å². The van der Waals surface area contributed by atoms with E-state index in [1.54, 1.807) is 22.6 Å². The van der Waals surface area contributed by atoms with Crippen LogP contribution in [0.4, 0.5) is 15.8 Å². The third-order valence-electron chi connectivity index (χ3n) is 2.97. The van der Waals surface area contributed by atoms with Gasteiger partial charge in [-0.1, -0.05) is 0 Å². The molecule has 2 N–H and O–H groups in total. The lowest BCUT2D eigenvalue weighted by molar-refractivity contribution is -0.384. The predicted molar refractivity (Wildman–Crippen MR) is 75.1 cm³/mol. The second kappa shape index (κ2) is 5.87. The smallest absolute Gasteiger partial charge is 0.311 e. The Balaban J connectivity index is 2.31. The molecular formula is C11H10FIN2O5. The van der Waals surface area contributed by atoms with Crippen LogP contribution in [0.2, 0.25) is 0 Å². The van der Waals surface area contributed by atoms with Gasteiger partial charge < -0.3 is 15.2 Å². The van der Waals surface area contributed by atoms with Crippen LogP contribution >= 0.6 is 22.6 Å². The summed E-state index contributed by atoms with van der Waals surface area (Å²) in [7, 11) is 0. The number of hydrogen-bond acceptors (Lipinski definition) is 5. The summed E-state index contributed by atoms with van der Waals surface area (Å²) < 4.78 is 18.7. The summed E-state index contributed by atoms with van der Waals surface area (Å²) in [5, 5.41) is 22.7. The summed E-state index contributed by atoms with van der Waals surface area (Å²) in [5.41, 5.74) is -0.346. The number of nitrogens with one attached hydrogen (secondary N) is 1. The molecule has 20 heavy (non-hydrogen) atoms. The Morgan fingerprint density at radius 1 is 1.55 bits per heavy atom. The van der Waals surface area contributed by atoms with Crippen LogP contribution in [0, 0.1) is 25.4 Å². The number of nitrogens with zero attached hydrogens (tertiary/aromatic N) is 1. The Bertz CT molecular complexity index is 568. The predicted octanol–water partition coefficient (Wildman–Crippen LogP) is 1.85. The van der Waals surface area contributed by atoms with Crippen LogP contribution in [0.5, 0.6) is 0 Å². The number of carboxylic acid groups (broad SMARTS) is 1. The van der Waals surface area contributed by atoms with Crippen molar-refractivity contribution in [3.8, 4) is 0 Å². The molecular weight excluding hydrogens is 386 g/mol. The van der Waals surface area contributed by atoms with Crippen molar-refractivity contribution in [1.82, 2.24) is 0 Å². The van der Waals surface area contributed by atoms with Gasteiger partial charge in [0.2, 0.25) is 0 Å². The summed E-state index contributed by atoms with van der Waals surface area (Å²) in [6, 6.07) is 1.46. The molecule has 0 aromatic heterocycles. The molecule has 1 saturated heterocycles. The highest BCUT2D eigenvalue weighted by atomic mass is 127. The van der Waals surface area contributed by atoms with E-state index in [4.69, 9.17) is 9.84 Å². The molecule has 2 unspecified atom stereocenters. The Hall–Kier alpha value is -1.49. The van der Waals surface area contributed by atoms with Gasteiger partial charge in [0.25, 0.3) is 5.69 Å². The molecule has 0 radical (unpaired) electrons. The largest absolute Gasteiger partial charge is 0.481 e. The lowest BCUT2D eigenvalue weighted by Crippen LogP contribution is -2.33. The number of nitro benzene ring substituents is 1. The fraction of sp³-hybridized carbons (Fsp3) is 0.364. The number of ether oxygens (including phenoxy) is 1. The molecule has 0 amide bonds. The van der Waals surface area contributed by atoms with Crippen LogP contribution < -0.4 is 5.32 Å². The standard InChI is InChI=1S/C11H10FIN2O5/c12-6-1-8(10(15(18)19)2-7(6)13)14-9-4-20-3-5(9)11(16)17/h1-2,5,9,14H,3-4H2,(H,16,17). The molecule has 7 nitrogen and oxygen atoms in total. The third-order valence-corrected chi connectivity index (χ3v) is 3.80. The number of hydrogen-bond donors (Lipinski definition) is 2. The van der Waals surface area contributed by atoms with Crippen LogP contribution in [-0.4, -0.2) is 35.3 Å². The topological polar surface area (TPSA) is 102 Å². The van der Waals surface area contributed by atoms with Gasteiger partial charge in [-0.2, -0.15) is 0 Å². The van der Waals surface area contributed by atoms with Gasteiger partial charge in [0.1, 0.15) is 17.4 Å². The first-order valence-corrected chi connectivity index (χ1v) is 6.68. The van der Waals surface area contributed by atoms with Crippen molar-refractivity contribution in [2.24, 2.45) is 5.92 Å². The van der Waals surface area contributed by atoms with Crippen molar-refractivity contribution in [1.29, 1.82) is 0 Å². The monoisotopic (exact) mass is 396 g/mol. The Morgan fingerprint density at radius 2 is 2.25 bits per heavy atom. The van der Waals surface area contributed by atoms with E-state index < -0.39 is 28.7 Å². The zero-order valence-electron chi connectivity index (χ0n) is 10.0. The normalized spacial score (nSPS) is 21.7. The molecule has 0 saturated carbocycles. The molecule has 0 spiro atoms. The van der Waals surface area contributed by atoms with Crippen molar-refractivity contribution < 1.29 is 24.0 Å². The average molecular weight is 396 g/mol. The molecule has 1 aromatic rings. The highest BCUT2D eigenvalue weighted by molar-refractivity contribution is 14.1. The van der Waals surface area contributed by atoms with Crippen molar-refractivity contribution in [3.05, 3.63) is 31.6 Å². The summed E-state index contributed by atoms with van der Waals surface area (Å²) in [4.78, 5) is 21.3. The summed E-state index contributed by atoms with van der Waals surface area (Å²) in [5.74, 6) is -2.49. The third kappa shape index (κ3) is 2.98. The summed E-state index contributed by atoms with van der Waals surface area (Å²) in [6.45, 7) is 0.120. The zero-order chi connectivity index (χ0) is 14.9. The van der Waals surface area contributed by atoms with Crippen molar-refractivity contribution in [3.63, 3.8) is 0 Å². The van der Waals surface area contributed by atoms with Gasteiger partial charge in [0.15, 0.2) is 0 Å². The zero-order valence-corrected chi connectivity index (χ0v) is 12.2. The van der Waals surface area contributed by atoms with Gasteiger partial charge in [-0.15, -0.1) is 0 Å². The van der Waals surface area contributed by atoms with Crippen molar-refractivity contribution in [2.45, 2.75) is 6.04 Å². The molecule has 0 bridgehead atoms. The van der Waals surface area contributed by atoms with Crippen molar-refractivity contribution in [2.75, 3.05) is 18.5 Å². The van der Waals surface area contributed by atoms with E-state index in [0.29, 0.717) is 0 Å². The Kier molecular flexibility index (Phi) is 4.38. The van der Waals surface area contributed by atoms with E-state index in [-0.39, 0.29) is 28.2 Å². The second-order valence-corrected chi connectivity index (χ2v) is 5.44. The summed E-state index contributed by atoms with van der Waals surface area (Å²) in [6.07, 6.45) is 0. The maximum absolute atomic E-state index is 13.5. The molecule has 2 atom stereocenters. The fourth-order valence-electron chi connectivity index (χ4n) is 1.94. The van der Waals surface area contributed by atoms with E-state index in [1.165, 1.54) is 0 Å². The van der Waals surface area contributed by atoms with Crippen molar-refractivity contribution >= 4 is 39.9 Å². The molecule has 1 fully saturated rings. The highest BCUT2D eigenvalue weighted by Gasteiger charge is 2.35. The number of anilines is 1. The molecule has 2 rings (SSSR count). The van der Waals surface area contributed by atoms with Crippen LogP contribution in [0.3, 0.4) is 0 Å². The molecule has 1 aliphatic heterocycles. The number of carbonyl (C=O) groups is 1. The van der Waals surface area contributed by atoms with Crippen LogP contribution in [0.25, 0.3) is 0 Å². The number of aliphatic carboxylic acids is 1. The number of nitro groups is 1. The average Bonchev–Trinajstić information content (AvgIpc) is 2.81. The van der Waals surface area contributed by atoms with E-state index in [1.807, 2.05) is 0 Å². The minimum absolute atomic E-state index is 0.0215. The first kappa shape index (κ1) is 14.9. The molecule has 108 valence electrons. The second-order valence-electron chi connectivity index (χ2n) is 4.27. The number of halogens is 2. The van der Waals surface area contributed by atoms with Gasteiger partial charge >= 0.3 is 5.97 Å². The molecule has 0 aliphatic carbocycles. The van der Waals surface area contributed by atoms with Crippen LogP contribution in [0.15, 0.2) is 12.1 Å². The minimum Gasteiger partial charge on any atom is -0.481 e. The van der Waals surface area contributed by atoms with E-state index in [9.17, 15) is 19.3 Å². The van der Waals surface area contributed by atoms with Crippen LogP contribution in [-0.2, 0) is 9.53 Å². The first-order chi connectivity index (χ1) is 9.40. The SMILES string of the molecule is O=C(O)C1COCC1Nc1cc(F)c(I)cc1[N+](=O)[O-].